The first kappa shape index (κ1) is 17.6. The Morgan fingerprint density at radius 1 is 1.16 bits per heavy atom. The quantitative estimate of drug-likeness (QED) is 0.914. The number of nitrogens with one attached hydrogen (secondary N) is 1. The fourth-order valence-electron chi connectivity index (χ4n) is 3.39. The molecule has 1 atom stereocenters. The van der Waals surface area contributed by atoms with E-state index in [0.29, 0.717) is 5.56 Å². The molecule has 1 amide bonds. The van der Waals surface area contributed by atoms with Crippen molar-refractivity contribution in [2.75, 3.05) is 14.1 Å². The Balaban J connectivity index is 1.91. The molecule has 0 saturated carbocycles. The summed E-state index contributed by atoms with van der Waals surface area (Å²) < 4.78 is 26.2. The Hall–Kier alpha value is -2.18. The lowest BCUT2D eigenvalue weighted by Crippen LogP contribution is -2.33. The summed E-state index contributed by atoms with van der Waals surface area (Å²) >= 11 is 0. The highest BCUT2D eigenvalue weighted by atomic mass is 32.2. The van der Waals surface area contributed by atoms with Gasteiger partial charge in [-0.1, -0.05) is 30.3 Å². The van der Waals surface area contributed by atoms with E-state index >= 15 is 0 Å². The molecule has 0 heterocycles. The molecule has 5 nitrogen and oxygen atoms in total. The van der Waals surface area contributed by atoms with Crippen molar-refractivity contribution in [3.05, 3.63) is 65.2 Å². The van der Waals surface area contributed by atoms with E-state index < -0.39 is 10.0 Å². The summed E-state index contributed by atoms with van der Waals surface area (Å²) in [5, 5.41) is 0. The minimum atomic E-state index is -3.57. The van der Waals surface area contributed by atoms with E-state index in [1.165, 1.54) is 30.3 Å². The first-order valence-corrected chi connectivity index (χ1v) is 9.81. The van der Waals surface area contributed by atoms with Crippen LogP contribution in [0.5, 0.6) is 0 Å². The van der Waals surface area contributed by atoms with Crippen LogP contribution in [0.1, 0.15) is 40.4 Å². The second-order valence-corrected chi connectivity index (χ2v) is 8.14. The number of hydrogen-bond donors (Lipinski definition) is 1. The van der Waals surface area contributed by atoms with Gasteiger partial charge in [-0.15, -0.1) is 0 Å². The lowest BCUT2D eigenvalue weighted by molar-refractivity contribution is 0.0715. The lowest BCUT2D eigenvalue weighted by atomic mass is 9.87. The highest BCUT2D eigenvalue weighted by Crippen LogP contribution is 2.34. The Bertz CT molecular complexity index is 893. The Morgan fingerprint density at radius 3 is 2.68 bits per heavy atom. The van der Waals surface area contributed by atoms with Gasteiger partial charge >= 0.3 is 0 Å². The number of carbonyl (C=O) groups excluding carboxylic acids is 1. The molecule has 1 N–H and O–H groups in total. The molecule has 0 unspecified atom stereocenters. The molecule has 25 heavy (non-hydrogen) atoms. The summed E-state index contributed by atoms with van der Waals surface area (Å²) in [6.45, 7) is 0. The van der Waals surface area contributed by atoms with E-state index in [9.17, 15) is 13.2 Å². The van der Waals surface area contributed by atoms with Crippen molar-refractivity contribution in [3.63, 3.8) is 0 Å². The van der Waals surface area contributed by atoms with E-state index in [2.05, 4.69) is 16.9 Å². The molecule has 0 bridgehead atoms. The molecule has 6 heteroatoms. The van der Waals surface area contributed by atoms with Crippen LogP contribution in [0.15, 0.2) is 53.4 Å². The van der Waals surface area contributed by atoms with Crippen LogP contribution in [0, 0.1) is 0 Å². The van der Waals surface area contributed by atoms with Crippen LogP contribution in [0.2, 0.25) is 0 Å². The third-order valence-corrected chi connectivity index (χ3v) is 6.20. The molecule has 2 aromatic rings. The van der Waals surface area contributed by atoms with Crippen LogP contribution in [-0.4, -0.2) is 33.3 Å². The van der Waals surface area contributed by atoms with Gasteiger partial charge < -0.3 is 4.90 Å². The monoisotopic (exact) mass is 358 g/mol. The van der Waals surface area contributed by atoms with E-state index in [0.717, 1.165) is 19.3 Å². The Morgan fingerprint density at radius 2 is 1.92 bits per heavy atom. The van der Waals surface area contributed by atoms with Gasteiger partial charge in [-0.05, 0) is 55.6 Å². The zero-order chi connectivity index (χ0) is 18.0. The van der Waals surface area contributed by atoms with Crippen molar-refractivity contribution in [2.24, 2.45) is 0 Å². The van der Waals surface area contributed by atoms with Gasteiger partial charge in [0.1, 0.15) is 0 Å². The fraction of sp³-hybridized carbons (Fsp3) is 0.316. The maximum absolute atomic E-state index is 12.9. The minimum absolute atomic E-state index is 0.0158. The van der Waals surface area contributed by atoms with Gasteiger partial charge in [-0.3, -0.25) is 4.79 Å². The molecule has 0 fully saturated rings. The van der Waals surface area contributed by atoms with E-state index in [1.54, 1.807) is 24.1 Å². The Labute approximate surface area is 148 Å². The Kier molecular flexibility index (Phi) is 4.92. The molecule has 0 aliphatic heterocycles. The molecule has 0 spiro atoms. The van der Waals surface area contributed by atoms with Gasteiger partial charge in [-0.2, -0.15) is 0 Å². The first-order valence-electron chi connectivity index (χ1n) is 8.32. The topological polar surface area (TPSA) is 66.5 Å². The van der Waals surface area contributed by atoms with Gasteiger partial charge in [-0.25, -0.2) is 13.1 Å². The second-order valence-electron chi connectivity index (χ2n) is 6.26. The number of amides is 1. The summed E-state index contributed by atoms with van der Waals surface area (Å²) in [5.74, 6) is -0.171. The van der Waals surface area contributed by atoms with Crippen LogP contribution in [-0.2, 0) is 16.4 Å². The van der Waals surface area contributed by atoms with Crippen molar-refractivity contribution in [1.29, 1.82) is 0 Å². The highest BCUT2D eigenvalue weighted by molar-refractivity contribution is 7.89. The molecule has 0 radical (unpaired) electrons. The number of sulfonamides is 1. The van der Waals surface area contributed by atoms with Gasteiger partial charge in [0.2, 0.25) is 10.0 Å². The summed E-state index contributed by atoms with van der Waals surface area (Å²) in [5.41, 5.74) is 2.84. The maximum atomic E-state index is 12.9. The molecule has 0 saturated heterocycles. The predicted molar refractivity (Wildman–Crippen MR) is 96.9 cm³/mol. The number of fused-ring (bicyclic) bond motifs is 1. The third kappa shape index (κ3) is 3.45. The highest BCUT2D eigenvalue weighted by Gasteiger charge is 2.27. The molecular formula is C19H22N2O3S. The van der Waals surface area contributed by atoms with Crippen LogP contribution in [0.25, 0.3) is 0 Å². The van der Waals surface area contributed by atoms with Gasteiger partial charge in [0, 0.05) is 12.6 Å². The number of rotatable bonds is 4. The van der Waals surface area contributed by atoms with Crippen LogP contribution in [0.3, 0.4) is 0 Å². The normalized spacial score (nSPS) is 17.0. The fourth-order valence-corrected chi connectivity index (χ4v) is 4.17. The van der Waals surface area contributed by atoms with E-state index in [-0.39, 0.29) is 16.8 Å². The number of nitrogens with zero attached hydrogens (tertiary/aromatic N) is 1. The van der Waals surface area contributed by atoms with Crippen molar-refractivity contribution in [1.82, 2.24) is 9.62 Å². The second kappa shape index (κ2) is 6.98. The smallest absolute Gasteiger partial charge is 0.254 e. The number of benzene rings is 2. The molecule has 132 valence electrons. The van der Waals surface area contributed by atoms with E-state index in [4.69, 9.17) is 0 Å². The zero-order valence-corrected chi connectivity index (χ0v) is 15.2. The van der Waals surface area contributed by atoms with Gasteiger partial charge in [0.05, 0.1) is 10.9 Å². The number of aryl methyl sites for hydroxylation is 1. The summed E-state index contributed by atoms with van der Waals surface area (Å²) in [6, 6.07) is 14.4. The van der Waals surface area contributed by atoms with Crippen molar-refractivity contribution in [2.45, 2.75) is 30.2 Å². The van der Waals surface area contributed by atoms with Crippen molar-refractivity contribution < 1.29 is 13.2 Å². The van der Waals surface area contributed by atoms with Gasteiger partial charge in [0.15, 0.2) is 0 Å². The third-order valence-electron chi connectivity index (χ3n) is 4.79. The predicted octanol–water partition coefficient (Wildman–Crippen LogP) is 2.74. The van der Waals surface area contributed by atoms with Crippen LogP contribution in [0.4, 0.5) is 0 Å². The summed E-state index contributed by atoms with van der Waals surface area (Å²) in [7, 11) is -0.432. The molecule has 1 aliphatic carbocycles. The standard InChI is InChI=1S/C19H22N2O3S/c1-20-25(23,24)16-10-5-9-15(13-16)19(22)21(2)18-12-6-8-14-7-3-4-11-17(14)18/h3-5,7,9-11,13,18,20H,6,8,12H2,1-2H3/t18-/m1/s1. The molecule has 0 aromatic heterocycles. The number of carbonyl (C=O) groups is 1. The van der Waals surface area contributed by atoms with Gasteiger partial charge in [0.25, 0.3) is 5.91 Å². The summed E-state index contributed by atoms with van der Waals surface area (Å²) in [6.07, 6.45) is 2.98. The molecule has 3 rings (SSSR count). The van der Waals surface area contributed by atoms with Crippen LogP contribution >= 0.6 is 0 Å². The average molecular weight is 358 g/mol. The molecular weight excluding hydrogens is 336 g/mol. The van der Waals surface area contributed by atoms with Crippen LogP contribution < -0.4 is 4.72 Å². The van der Waals surface area contributed by atoms with Crippen molar-refractivity contribution >= 4 is 15.9 Å². The first-order chi connectivity index (χ1) is 11.9. The van der Waals surface area contributed by atoms with E-state index in [1.807, 2.05) is 12.1 Å². The lowest BCUT2D eigenvalue weighted by Gasteiger charge is -2.33. The number of hydrogen-bond acceptors (Lipinski definition) is 3. The zero-order valence-electron chi connectivity index (χ0n) is 14.4. The average Bonchev–Trinajstić information content (AvgIpc) is 2.66. The largest absolute Gasteiger partial charge is 0.335 e. The van der Waals surface area contributed by atoms with Crippen molar-refractivity contribution in [3.8, 4) is 0 Å². The molecule has 1 aliphatic rings. The summed E-state index contributed by atoms with van der Waals surface area (Å²) in [4.78, 5) is 14.8. The SMILES string of the molecule is CNS(=O)(=O)c1cccc(C(=O)N(C)[C@@H]2CCCc3ccccc32)c1. The maximum Gasteiger partial charge on any atom is 0.254 e. The minimum Gasteiger partial charge on any atom is -0.335 e. The molecule has 2 aromatic carbocycles.